The van der Waals surface area contributed by atoms with Crippen molar-refractivity contribution < 1.29 is 17.9 Å². The van der Waals surface area contributed by atoms with Gasteiger partial charge in [0.15, 0.2) is 4.67 Å². The number of hydrogen-bond donors (Lipinski definition) is 1. The number of hydrogen-bond acceptors (Lipinski definition) is 5. The number of benzene rings is 1. The molecular weight excluding hydrogens is 359 g/mol. The SMILES string of the molecule is Cc1ccc(S(=O)(=O)N2N=Cc3oc(Br)cc3B2O)cc1. The molecule has 1 aromatic heterocycles. The summed E-state index contributed by atoms with van der Waals surface area (Å²) in [4.78, 5) is 0.0651. The molecular formula is C12H10BBrN2O4S. The number of halogens is 1. The summed E-state index contributed by atoms with van der Waals surface area (Å²) in [6.07, 6.45) is 1.26. The molecule has 0 saturated heterocycles. The molecule has 108 valence electrons. The van der Waals surface area contributed by atoms with Crippen LogP contribution in [0.4, 0.5) is 0 Å². The highest BCUT2D eigenvalue weighted by atomic mass is 79.9. The van der Waals surface area contributed by atoms with Crippen molar-refractivity contribution in [3.63, 3.8) is 0 Å². The van der Waals surface area contributed by atoms with E-state index in [1.807, 2.05) is 6.92 Å². The summed E-state index contributed by atoms with van der Waals surface area (Å²) in [6.45, 7) is 1.86. The normalized spacial score (nSPS) is 14.4. The van der Waals surface area contributed by atoms with Crippen molar-refractivity contribution in [2.24, 2.45) is 5.10 Å². The lowest BCUT2D eigenvalue weighted by atomic mass is 9.74. The fourth-order valence-corrected chi connectivity index (χ4v) is 3.66. The molecule has 21 heavy (non-hydrogen) atoms. The lowest BCUT2D eigenvalue weighted by molar-refractivity contribution is 0.470. The summed E-state index contributed by atoms with van der Waals surface area (Å²) >= 11 is 3.14. The third kappa shape index (κ3) is 2.41. The minimum Gasteiger partial charge on any atom is -0.449 e. The average molecular weight is 369 g/mol. The van der Waals surface area contributed by atoms with Gasteiger partial charge in [-0.05, 0) is 41.1 Å². The Morgan fingerprint density at radius 1 is 1.33 bits per heavy atom. The van der Waals surface area contributed by atoms with Crippen molar-refractivity contribution in [1.82, 2.24) is 4.33 Å². The van der Waals surface area contributed by atoms with Crippen LogP contribution in [-0.2, 0) is 10.0 Å². The standard InChI is InChI=1S/C12H10BBrN2O4S/c1-8-2-4-9(5-3-8)21(18,19)16-13(17)10-6-12(14)20-11(10)7-15-16/h2-7,17H,1H3. The third-order valence-corrected chi connectivity index (χ3v) is 5.15. The van der Waals surface area contributed by atoms with Crippen LogP contribution >= 0.6 is 15.9 Å². The van der Waals surface area contributed by atoms with Crippen LogP contribution in [0.2, 0.25) is 0 Å². The summed E-state index contributed by atoms with van der Waals surface area (Å²) in [6, 6.07) is 7.85. The Kier molecular flexibility index (Phi) is 3.43. The number of furan rings is 1. The van der Waals surface area contributed by atoms with E-state index in [2.05, 4.69) is 21.0 Å². The van der Waals surface area contributed by atoms with E-state index in [0.717, 1.165) is 5.56 Å². The van der Waals surface area contributed by atoms with Crippen LogP contribution in [0.25, 0.3) is 0 Å². The van der Waals surface area contributed by atoms with Crippen molar-refractivity contribution in [3.05, 3.63) is 46.3 Å². The van der Waals surface area contributed by atoms with Gasteiger partial charge in [0, 0.05) is 5.46 Å². The molecule has 0 radical (unpaired) electrons. The number of fused-ring (bicyclic) bond motifs is 1. The number of nitrogens with zero attached hydrogens (tertiary/aromatic N) is 2. The van der Waals surface area contributed by atoms with Gasteiger partial charge < -0.3 is 9.44 Å². The first-order valence-corrected chi connectivity index (χ1v) is 8.25. The van der Waals surface area contributed by atoms with Crippen molar-refractivity contribution in [3.8, 4) is 0 Å². The second kappa shape index (κ2) is 5.01. The molecule has 6 nitrogen and oxygen atoms in total. The molecule has 0 spiro atoms. The van der Waals surface area contributed by atoms with E-state index in [0.29, 0.717) is 20.2 Å². The Labute approximate surface area is 130 Å². The Morgan fingerprint density at radius 2 is 2.00 bits per heavy atom. The molecule has 2 aromatic rings. The summed E-state index contributed by atoms with van der Waals surface area (Å²) in [5.74, 6) is 0.324. The molecule has 0 saturated carbocycles. The maximum atomic E-state index is 12.5. The summed E-state index contributed by atoms with van der Waals surface area (Å²) < 4.78 is 31.4. The smallest absolute Gasteiger partial charge is 0.449 e. The fraction of sp³-hybridized carbons (Fsp3) is 0.0833. The second-order valence-electron chi connectivity index (χ2n) is 4.58. The van der Waals surface area contributed by atoms with Gasteiger partial charge in [-0.25, -0.2) is 8.42 Å². The van der Waals surface area contributed by atoms with Gasteiger partial charge in [-0.3, -0.25) is 0 Å². The molecule has 3 rings (SSSR count). The monoisotopic (exact) mass is 368 g/mol. The van der Waals surface area contributed by atoms with Gasteiger partial charge in [0.2, 0.25) is 0 Å². The van der Waals surface area contributed by atoms with Crippen LogP contribution in [0.3, 0.4) is 0 Å². The largest absolute Gasteiger partial charge is 0.487 e. The highest BCUT2D eigenvalue weighted by molar-refractivity contribution is 9.10. The van der Waals surface area contributed by atoms with Crippen molar-refractivity contribution in [2.75, 3.05) is 0 Å². The Morgan fingerprint density at radius 3 is 2.67 bits per heavy atom. The molecule has 0 bridgehead atoms. The first-order chi connectivity index (χ1) is 9.89. The average Bonchev–Trinajstić information content (AvgIpc) is 2.81. The second-order valence-corrected chi connectivity index (χ2v) is 7.16. The zero-order valence-corrected chi connectivity index (χ0v) is 13.3. The maximum absolute atomic E-state index is 12.5. The van der Waals surface area contributed by atoms with E-state index in [4.69, 9.17) is 4.42 Å². The van der Waals surface area contributed by atoms with Crippen LogP contribution in [-0.4, -0.2) is 31.0 Å². The summed E-state index contributed by atoms with van der Waals surface area (Å²) in [5, 5.41) is 14.0. The predicted molar refractivity (Wildman–Crippen MR) is 81.8 cm³/mol. The number of rotatable bonds is 2. The zero-order chi connectivity index (χ0) is 15.2. The highest BCUT2D eigenvalue weighted by Crippen LogP contribution is 2.22. The number of sulfonamides is 1. The summed E-state index contributed by atoms with van der Waals surface area (Å²) in [5.41, 5.74) is 1.28. The summed E-state index contributed by atoms with van der Waals surface area (Å²) in [7, 11) is -5.36. The van der Waals surface area contributed by atoms with Crippen molar-refractivity contribution in [1.29, 1.82) is 0 Å². The van der Waals surface area contributed by atoms with Gasteiger partial charge in [-0.1, -0.05) is 17.7 Å². The Hall–Kier alpha value is -1.58. The molecule has 2 heterocycles. The van der Waals surface area contributed by atoms with Gasteiger partial charge in [0.05, 0.1) is 11.1 Å². The van der Waals surface area contributed by atoms with E-state index in [1.165, 1.54) is 24.4 Å². The molecule has 1 N–H and O–H groups in total. The molecule has 0 fully saturated rings. The fourth-order valence-electron chi connectivity index (χ4n) is 1.99. The van der Waals surface area contributed by atoms with Crippen molar-refractivity contribution in [2.45, 2.75) is 11.8 Å². The molecule has 0 aliphatic carbocycles. The Balaban J connectivity index is 2.03. The molecule has 1 aromatic carbocycles. The number of aryl methyl sites for hydroxylation is 1. The van der Waals surface area contributed by atoms with E-state index in [-0.39, 0.29) is 4.90 Å². The zero-order valence-electron chi connectivity index (χ0n) is 10.9. The molecule has 0 amide bonds. The minimum absolute atomic E-state index is 0.0651. The van der Waals surface area contributed by atoms with E-state index >= 15 is 0 Å². The predicted octanol–water partition coefficient (Wildman–Crippen LogP) is 1.08. The topological polar surface area (TPSA) is 83.1 Å². The van der Waals surface area contributed by atoms with Gasteiger partial charge in [0.1, 0.15) is 5.76 Å². The van der Waals surface area contributed by atoms with Crippen LogP contribution in [0.1, 0.15) is 11.3 Å². The van der Waals surface area contributed by atoms with Gasteiger partial charge in [-0.15, -0.1) is 0 Å². The van der Waals surface area contributed by atoms with Crippen LogP contribution in [0.15, 0.2) is 49.4 Å². The molecule has 1 aliphatic rings. The van der Waals surface area contributed by atoms with E-state index in [1.54, 1.807) is 12.1 Å². The molecule has 9 heteroatoms. The number of hydrazone groups is 1. The maximum Gasteiger partial charge on any atom is 0.487 e. The minimum atomic E-state index is -3.93. The lowest BCUT2D eigenvalue weighted by Crippen LogP contribution is -2.51. The first kappa shape index (κ1) is 14.4. The first-order valence-electron chi connectivity index (χ1n) is 6.02. The molecule has 0 atom stereocenters. The molecule has 0 unspecified atom stereocenters. The van der Waals surface area contributed by atoms with Crippen LogP contribution < -0.4 is 5.46 Å². The van der Waals surface area contributed by atoms with E-state index < -0.39 is 17.1 Å². The lowest BCUT2D eigenvalue weighted by Gasteiger charge is -2.23. The van der Waals surface area contributed by atoms with Crippen LogP contribution in [0.5, 0.6) is 0 Å². The van der Waals surface area contributed by atoms with E-state index in [9.17, 15) is 13.4 Å². The van der Waals surface area contributed by atoms with Crippen LogP contribution in [0, 0.1) is 6.92 Å². The van der Waals surface area contributed by atoms with Gasteiger partial charge in [-0.2, -0.15) is 9.43 Å². The Bertz CT molecular complexity index is 816. The van der Waals surface area contributed by atoms with Crippen molar-refractivity contribution >= 4 is 44.7 Å². The molecule has 1 aliphatic heterocycles. The third-order valence-electron chi connectivity index (χ3n) is 3.10. The van der Waals surface area contributed by atoms with Gasteiger partial charge >= 0.3 is 7.05 Å². The van der Waals surface area contributed by atoms with Gasteiger partial charge in [0.25, 0.3) is 10.0 Å². The quantitative estimate of drug-likeness (QED) is 0.804. The highest BCUT2D eigenvalue weighted by Gasteiger charge is 2.40.